The van der Waals surface area contributed by atoms with Gasteiger partial charge in [-0.2, -0.15) is 0 Å². The number of benzene rings is 4. The van der Waals surface area contributed by atoms with Crippen LogP contribution in [0.5, 0.6) is 0 Å². The lowest BCUT2D eigenvalue weighted by Crippen LogP contribution is -1.88. The third-order valence-electron chi connectivity index (χ3n) is 4.64. The third-order valence-corrected chi connectivity index (χ3v) is 5.77. The number of hydrogen-bond acceptors (Lipinski definition) is 2. The van der Waals surface area contributed by atoms with Crippen molar-refractivity contribution < 1.29 is 0 Å². The van der Waals surface area contributed by atoms with Crippen molar-refractivity contribution in [2.75, 3.05) is 5.32 Å². The van der Waals surface area contributed by atoms with Gasteiger partial charge in [0.05, 0.1) is 0 Å². The fraction of sp³-hybridized carbons (Fsp3) is 0. The lowest BCUT2D eigenvalue weighted by molar-refractivity contribution is 1.57. The summed E-state index contributed by atoms with van der Waals surface area (Å²) >= 11 is 1.85. The molecule has 0 aliphatic heterocycles. The largest absolute Gasteiger partial charge is 0.355 e. The Labute approximate surface area is 156 Å². The first-order chi connectivity index (χ1) is 12.9. The molecule has 0 spiro atoms. The van der Waals surface area contributed by atoms with Gasteiger partial charge in [-0.3, -0.25) is 0 Å². The molecule has 5 aromatic rings. The molecule has 1 aromatic heterocycles. The topological polar surface area (TPSA) is 12.0 Å². The van der Waals surface area contributed by atoms with Crippen molar-refractivity contribution in [1.82, 2.24) is 0 Å². The summed E-state index contributed by atoms with van der Waals surface area (Å²) in [5.41, 5.74) is 4.76. The van der Waals surface area contributed by atoms with Gasteiger partial charge in [-0.1, -0.05) is 60.7 Å². The molecule has 5 rings (SSSR count). The van der Waals surface area contributed by atoms with Gasteiger partial charge < -0.3 is 5.32 Å². The Morgan fingerprint density at radius 1 is 0.500 bits per heavy atom. The normalized spacial score (nSPS) is 11.1. The summed E-state index contributed by atoms with van der Waals surface area (Å²) in [7, 11) is 0. The molecule has 0 aliphatic rings. The Morgan fingerprint density at radius 2 is 1.27 bits per heavy atom. The Morgan fingerprint density at radius 3 is 2.08 bits per heavy atom. The number of anilines is 2. The van der Waals surface area contributed by atoms with Crippen LogP contribution in [0.15, 0.2) is 97.1 Å². The van der Waals surface area contributed by atoms with Crippen LogP contribution in [0.1, 0.15) is 0 Å². The third kappa shape index (κ3) is 2.75. The van der Waals surface area contributed by atoms with Gasteiger partial charge in [-0.25, -0.2) is 0 Å². The number of rotatable bonds is 3. The van der Waals surface area contributed by atoms with E-state index in [-0.39, 0.29) is 0 Å². The van der Waals surface area contributed by atoms with E-state index in [1.54, 1.807) is 0 Å². The van der Waals surface area contributed by atoms with E-state index in [4.69, 9.17) is 0 Å². The molecule has 0 saturated heterocycles. The maximum absolute atomic E-state index is 3.48. The number of hydrogen-bond donors (Lipinski definition) is 1. The highest BCUT2D eigenvalue weighted by molar-refractivity contribution is 7.25. The summed E-state index contributed by atoms with van der Waals surface area (Å²) < 4.78 is 2.64. The van der Waals surface area contributed by atoms with Gasteiger partial charge in [0.1, 0.15) is 0 Å². The highest BCUT2D eigenvalue weighted by atomic mass is 32.1. The minimum Gasteiger partial charge on any atom is -0.355 e. The first-order valence-corrected chi connectivity index (χ1v) is 9.52. The molecule has 4 aromatic carbocycles. The number of thiophene rings is 1. The number of fused-ring (bicyclic) bond motifs is 3. The Bertz CT molecular complexity index is 1190. The molecule has 1 heterocycles. The Kier molecular flexibility index (Phi) is 3.69. The maximum atomic E-state index is 3.48. The highest BCUT2D eigenvalue weighted by Gasteiger charge is 2.08. The molecule has 0 saturated carbocycles. The molecule has 0 fully saturated rings. The second-order valence-electron chi connectivity index (χ2n) is 6.38. The van der Waals surface area contributed by atoms with Crippen molar-refractivity contribution in [3.8, 4) is 11.1 Å². The zero-order valence-electron chi connectivity index (χ0n) is 14.1. The minimum atomic E-state index is 1.11. The van der Waals surface area contributed by atoms with Gasteiger partial charge in [0.2, 0.25) is 0 Å². The average molecular weight is 351 g/mol. The van der Waals surface area contributed by atoms with Crippen LogP contribution in [-0.2, 0) is 0 Å². The molecule has 0 unspecified atom stereocenters. The van der Waals surface area contributed by atoms with Crippen LogP contribution in [0.2, 0.25) is 0 Å². The van der Waals surface area contributed by atoms with E-state index in [9.17, 15) is 0 Å². The molecule has 1 N–H and O–H groups in total. The van der Waals surface area contributed by atoms with E-state index >= 15 is 0 Å². The van der Waals surface area contributed by atoms with Gasteiger partial charge in [0.15, 0.2) is 0 Å². The van der Waals surface area contributed by atoms with E-state index < -0.39 is 0 Å². The standard InChI is InChI=1S/C24H17NS/c1-3-7-17(8-4-1)18-11-14-23-22(15-18)21-13-12-20(16-24(21)26-23)25-19-9-5-2-6-10-19/h1-16,25H. The van der Waals surface area contributed by atoms with Gasteiger partial charge in [0.25, 0.3) is 0 Å². The zero-order valence-corrected chi connectivity index (χ0v) is 15.0. The first-order valence-electron chi connectivity index (χ1n) is 8.71. The Hall–Kier alpha value is -3.10. The van der Waals surface area contributed by atoms with Crippen LogP contribution in [0.4, 0.5) is 11.4 Å². The number of nitrogens with one attached hydrogen (secondary N) is 1. The van der Waals surface area contributed by atoms with Crippen LogP contribution < -0.4 is 5.32 Å². The smallest absolute Gasteiger partial charge is 0.0398 e. The lowest BCUT2D eigenvalue weighted by Gasteiger charge is -2.06. The van der Waals surface area contributed by atoms with Gasteiger partial charge in [-0.15, -0.1) is 11.3 Å². The van der Waals surface area contributed by atoms with Crippen LogP contribution in [-0.4, -0.2) is 0 Å². The quantitative estimate of drug-likeness (QED) is 0.355. The summed E-state index contributed by atoms with van der Waals surface area (Å²) in [5, 5.41) is 6.14. The molecule has 0 radical (unpaired) electrons. The fourth-order valence-corrected chi connectivity index (χ4v) is 4.48. The molecule has 0 bridgehead atoms. The summed E-state index contributed by atoms with van der Waals surface area (Å²) in [6.07, 6.45) is 0. The molecule has 0 atom stereocenters. The van der Waals surface area contributed by atoms with Crippen molar-refractivity contribution in [2.24, 2.45) is 0 Å². The molecular formula is C24H17NS. The summed E-state index contributed by atoms with van der Waals surface area (Å²) in [5.74, 6) is 0. The summed E-state index contributed by atoms with van der Waals surface area (Å²) in [4.78, 5) is 0. The molecule has 26 heavy (non-hydrogen) atoms. The maximum Gasteiger partial charge on any atom is 0.0398 e. The highest BCUT2D eigenvalue weighted by Crippen LogP contribution is 2.37. The predicted octanol–water partition coefficient (Wildman–Crippen LogP) is 7.47. The molecule has 0 aliphatic carbocycles. The number of para-hydroxylation sites is 1. The van der Waals surface area contributed by atoms with E-state index in [1.165, 1.54) is 31.3 Å². The zero-order chi connectivity index (χ0) is 17.3. The lowest BCUT2D eigenvalue weighted by atomic mass is 10.0. The van der Waals surface area contributed by atoms with Crippen LogP contribution in [0.3, 0.4) is 0 Å². The van der Waals surface area contributed by atoms with Crippen molar-refractivity contribution >= 4 is 42.9 Å². The predicted molar refractivity (Wildman–Crippen MR) is 114 cm³/mol. The van der Waals surface area contributed by atoms with Gasteiger partial charge in [-0.05, 0) is 47.5 Å². The SMILES string of the molecule is c1ccc(Nc2ccc3c(c2)sc2ccc(-c4ccccc4)cc23)cc1. The molecule has 0 amide bonds. The first kappa shape index (κ1) is 15.2. The minimum absolute atomic E-state index is 1.11. The second-order valence-corrected chi connectivity index (χ2v) is 7.46. The van der Waals surface area contributed by atoms with Crippen molar-refractivity contribution in [1.29, 1.82) is 0 Å². The second kappa shape index (κ2) is 6.32. The van der Waals surface area contributed by atoms with Crippen LogP contribution >= 0.6 is 11.3 Å². The van der Waals surface area contributed by atoms with Gasteiger partial charge in [0, 0.05) is 31.5 Å². The van der Waals surface area contributed by atoms with Gasteiger partial charge >= 0.3 is 0 Å². The van der Waals surface area contributed by atoms with Crippen molar-refractivity contribution in [2.45, 2.75) is 0 Å². The van der Waals surface area contributed by atoms with Crippen LogP contribution in [0.25, 0.3) is 31.3 Å². The van der Waals surface area contributed by atoms with Crippen molar-refractivity contribution in [3.05, 3.63) is 97.1 Å². The van der Waals surface area contributed by atoms with Crippen molar-refractivity contribution in [3.63, 3.8) is 0 Å². The average Bonchev–Trinajstić information content (AvgIpc) is 3.06. The summed E-state index contributed by atoms with van der Waals surface area (Å²) in [6.45, 7) is 0. The molecule has 1 nitrogen and oxygen atoms in total. The van der Waals surface area contributed by atoms with E-state index in [0.29, 0.717) is 0 Å². The fourth-order valence-electron chi connectivity index (χ4n) is 3.35. The van der Waals surface area contributed by atoms with E-state index in [0.717, 1.165) is 11.4 Å². The molecule has 2 heteroatoms. The van der Waals surface area contributed by atoms with E-state index in [1.807, 2.05) is 29.5 Å². The summed E-state index contributed by atoms with van der Waals surface area (Å²) in [6, 6.07) is 34.3. The molecular weight excluding hydrogens is 334 g/mol. The van der Waals surface area contributed by atoms with Crippen LogP contribution in [0, 0.1) is 0 Å². The Balaban J connectivity index is 1.58. The monoisotopic (exact) mass is 351 g/mol. The molecule has 124 valence electrons. The van der Waals surface area contributed by atoms with E-state index in [2.05, 4.69) is 84.2 Å².